The fraction of sp³-hybridized carbons (Fsp3) is 0.304. The van der Waals surface area contributed by atoms with Crippen molar-refractivity contribution in [3.8, 4) is 5.75 Å². The predicted octanol–water partition coefficient (Wildman–Crippen LogP) is 4.21. The van der Waals surface area contributed by atoms with Gasteiger partial charge in [-0.25, -0.2) is 4.79 Å². The number of carbonyl (C=O) groups is 2. The Morgan fingerprint density at radius 1 is 1.17 bits per heavy atom. The lowest BCUT2D eigenvalue weighted by atomic mass is 9.92. The van der Waals surface area contributed by atoms with Crippen molar-refractivity contribution in [1.82, 2.24) is 4.57 Å². The van der Waals surface area contributed by atoms with Gasteiger partial charge in [0.25, 0.3) is 0 Å². The number of fused-ring (bicyclic) bond motifs is 3. The molecule has 6 nitrogen and oxygen atoms in total. The van der Waals surface area contributed by atoms with Gasteiger partial charge in [-0.2, -0.15) is 0 Å². The number of ether oxygens (including phenoxy) is 1. The first kappa shape index (κ1) is 20.5. The van der Waals surface area contributed by atoms with Crippen LogP contribution in [0.1, 0.15) is 42.0 Å². The van der Waals surface area contributed by atoms with Gasteiger partial charge in [-0.3, -0.25) is 4.79 Å². The first-order valence-corrected chi connectivity index (χ1v) is 10.8. The van der Waals surface area contributed by atoms with Crippen molar-refractivity contribution < 1.29 is 19.4 Å². The Bertz CT molecular complexity index is 1120. The van der Waals surface area contributed by atoms with Crippen LogP contribution in [0.25, 0.3) is 10.9 Å². The highest BCUT2D eigenvalue weighted by Gasteiger charge is 2.31. The van der Waals surface area contributed by atoms with E-state index >= 15 is 0 Å². The summed E-state index contributed by atoms with van der Waals surface area (Å²) in [6, 6.07) is 13.7. The number of nitrogens with zero attached hydrogens (tertiary/aromatic N) is 1. The normalized spacial score (nSPS) is 16.1. The quantitative estimate of drug-likeness (QED) is 0.527. The molecule has 0 bridgehead atoms. The number of rotatable bonds is 6. The largest absolute Gasteiger partial charge is 0.481 e. The molecule has 3 N–H and O–H groups in total. The van der Waals surface area contributed by atoms with E-state index < -0.39 is 18.5 Å². The van der Waals surface area contributed by atoms with E-state index in [0.29, 0.717) is 18.7 Å². The van der Waals surface area contributed by atoms with Gasteiger partial charge in [-0.05, 0) is 48.6 Å². The number of carboxylic acid groups (broad SMARTS) is 1. The molecule has 1 aliphatic rings. The number of hydrogen-bond donors (Lipinski definition) is 2. The van der Waals surface area contributed by atoms with Crippen molar-refractivity contribution in [2.75, 3.05) is 6.61 Å². The highest BCUT2D eigenvalue weighted by atomic mass is 79.9. The van der Waals surface area contributed by atoms with Gasteiger partial charge in [0.15, 0.2) is 6.61 Å². The van der Waals surface area contributed by atoms with Crippen LogP contribution < -0.4 is 10.5 Å². The fourth-order valence-electron chi connectivity index (χ4n) is 4.40. The summed E-state index contributed by atoms with van der Waals surface area (Å²) in [5.74, 6) is -1.34. The van der Waals surface area contributed by atoms with Gasteiger partial charge >= 0.3 is 5.97 Å². The van der Waals surface area contributed by atoms with Gasteiger partial charge in [-0.15, -0.1) is 0 Å². The van der Waals surface area contributed by atoms with Crippen molar-refractivity contribution in [3.63, 3.8) is 0 Å². The molecule has 0 saturated carbocycles. The van der Waals surface area contributed by atoms with E-state index in [0.717, 1.165) is 51.5 Å². The molecule has 156 valence electrons. The summed E-state index contributed by atoms with van der Waals surface area (Å²) in [7, 11) is 0. The summed E-state index contributed by atoms with van der Waals surface area (Å²) < 4.78 is 8.86. The van der Waals surface area contributed by atoms with E-state index in [4.69, 9.17) is 15.6 Å². The molecule has 1 unspecified atom stereocenters. The molecule has 1 aromatic heterocycles. The molecular weight excluding hydrogens is 448 g/mol. The number of amides is 1. The number of aliphatic carboxylic acids is 1. The summed E-state index contributed by atoms with van der Waals surface area (Å²) in [5.41, 5.74) is 9.82. The van der Waals surface area contributed by atoms with Crippen LogP contribution >= 0.6 is 15.9 Å². The number of halogens is 1. The van der Waals surface area contributed by atoms with Crippen LogP contribution in [0, 0.1) is 0 Å². The Morgan fingerprint density at radius 3 is 2.70 bits per heavy atom. The first-order valence-electron chi connectivity index (χ1n) is 9.98. The van der Waals surface area contributed by atoms with Crippen molar-refractivity contribution in [3.05, 3.63) is 63.8 Å². The van der Waals surface area contributed by atoms with Crippen molar-refractivity contribution in [2.24, 2.45) is 5.73 Å². The molecule has 0 fully saturated rings. The van der Waals surface area contributed by atoms with E-state index in [9.17, 15) is 9.59 Å². The lowest BCUT2D eigenvalue weighted by Gasteiger charge is -2.14. The second-order valence-electron chi connectivity index (χ2n) is 7.57. The zero-order valence-electron chi connectivity index (χ0n) is 16.4. The monoisotopic (exact) mass is 470 g/mol. The number of aromatic nitrogens is 1. The molecule has 1 atom stereocenters. The van der Waals surface area contributed by atoms with Gasteiger partial charge in [0.1, 0.15) is 5.75 Å². The number of carbonyl (C=O) groups excluding carboxylic acids is 1. The average molecular weight is 471 g/mol. The minimum absolute atomic E-state index is 0.355. The zero-order chi connectivity index (χ0) is 21.3. The van der Waals surface area contributed by atoms with Gasteiger partial charge in [0.05, 0.1) is 11.4 Å². The summed E-state index contributed by atoms with van der Waals surface area (Å²) in [5, 5.41) is 9.89. The van der Waals surface area contributed by atoms with Gasteiger partial charge in [-0.1, -0.05) is 46.6 Å². The Balaban J connectivity index is 1.96. The van der Waals surface area contributed by atoms with Crippen molar-refractivity contribution in [2.45, 2.75) is 38.1 Å². The van der Waals surface area contributed by atoms with Crippen LogP contribution in [0.5, 0.6) is 5.75 Å². The molecule has 1 amide bonds. The van der Waals surface area contributed by atoms with Crippen LogP contribution in [0.3, 0.4) is 0 Å². The van der Waals surface area contributed by atoms with Crippen molar-refractivity contribution in [1.29, 1.82) is 0 Å². The molecule has 0 aliphatic heterocycles. The number of nitrogens with two attached hydrogens (primary N) is 1. The van der Waals surface area contributed by atoms with Crippen LogP contribution in [0.2, 0.25) is 0 Å². The van der Waals surface area contributed by atoms with E-state index in [1.165, 1.54) is 0 Å². The molecule has 1 heterocycles. The molecule has 0 spiro atoms. The van der Waals surface area contributed by atoms with E-state index in [-0.39, 0.29) is 5.91 Å². The first-order chi connectivity index (χ1) is 14.5. The fourth-order valence-corrected chi connectivity index (χ4v) is 4.81. The zero-order valence-corrected chi connectivity index (χ0v) is 18.0. The molecule has 30 heavy (non-hydrogen) atoms. The standard InChI is InChI=1S/C23H23BrN2O4/c24-16-8-3-1-6-14(16)12-26-17-9-4-2-7-15(23(25)29)21(17)22-18(26)10-5-11-19(22)30-13-20(27)28/h1,3,5-6,8,10-11,15H,2,4,7,9,12-13H2,(H2,25,29)(H,27,28). The smallest absolute Gasteiger partial charge is 0.341 e. The number of primary amides is 1. The Morgan fingerprint density at radius 2 is 1.97 bits per heavy atom. The molecule has 0 radical (unpaired) electrons. The molecule has 3 aromatic rings. The molecule has 7 heteroatoms. The maximum absolute atomic E-state index is 12.4. The second-order valence-corrected chi connectivity index (χ2v) is 8.43. The molecule has 0 saturated heterocycles. The van der Waals surface area contributed by atoms with Crippen LogP contribution in [-0.2, 0) is 22.6 Å². The van der Waals surface area contributed by atoms with Crippen molar-refractivity contribution >= 4 is 38.7 Å². The molecule has 2 aromatic carbocycles. The number of benzene rings is 2. The third kappa shape index (κ3) is 3.81. The second kappa shape index (κ2) is 8.52. The van der Waals surface area contributed by atoms with Gasteiger partial charge in [0, 0.05) is 22.1 Å². The lowest BCUT2D eigenvalue weighted by molar-refractivity contribution is -0.139. The molecule has 1 aliphatic carbocycles. The Labute approximate surface area is 182 Å². The summed E-state index contributed by atoms with van der Waals surface area (Å²) >= 11 is 3.63. The summed E-state index contributed by atoms with van der Waals surface area (Å²) in [6.07, 6.45) is 3.39. The SMILES string of the molecule is NC(=O)C1CCCCc2c1c1c(OCC(=O)O)cccc1n2Cc1ccccc1Br. The molecule has 4 rings (SSSR count). The van der Waals surface area contributed by atoms with E-state index in [2.05, 4.69) is 26.6 Å². The minimum atomic E-state index is -1.04. The average Bonchev–Trinajstić information content (AvgIpc) is 2.87. The van der Waals surface area contributed by atoms with Gasteiger partial charge in [0.2, 0.25) is 5.91 Å². The Hall–Kier alpha value is -2.80. The topological polar surface area (TPSA) is 94.6 Å². The van der Waals surface area contributed by atoms with Crippen LogP contribution in [0.4, 0.5) is 0 Å². The predicted molar refractivity (Wildman–Crippen MR) is 118 cm³/mol. The third-order valence-electron chi connectivity index (χ3n) is 5.69. The molecular formula is C23H23BrN2O4. The highest BCUT2D eigenvalue weighted by molar-refractivity contribution is 9.10. The number of hydrogen-bond acceptors (Lipinski definition) is 3. The van der Waals surface area contributed by atoms with Gasteiger partial charge < -0.3 is 20.1 Å². The van der Waals surface area contributed by atoms with Crippen LogP contribution in [0.15, 0.2) is 46.9 Å². The summed E-state index contributed by atoms with van der Waals surface area (Å²) in [4.78, 5) is 23.5. The lowest BCUT2D eigenvalue weighted by Crippen LogP contribution is -2.21. The summed E-state index contributed by atoms with van der Waals surface area (Å²) in [6.45, 7) is 0.186. The third-order valence-corrected chi connectivity index (χ3v) is 6.46. The Kier molecular flexibility index (Phi) is 5.81. The van der Waals surface area contributed by atoms with E-state index in [1.807, 2.05) is 30.3 Å². The maximum Gasteiger partial charge on any atom is 0.341 e. The number of carboxylic acids is 1. The van der Waals surface area contributed by atoms with Crippen LogP contribution in [-0.4, -0.2) is 28.2 Å². The highest BCUT2D eigenvalue weighted by Crippen LogP contribution is 2.42. The van der Waals surface area contributed by atoms with E-state index in [1.54, 1.807) is 6.07 Å². The minimum Gasteiger partial charge on any atom is -0.481 e. The maximum atomic E-state index is 12.4.